The molecule has 0 aliphatic rings. The minimum Gasteiger partial charge on any atom is -0.545 e. The van der Waals surface area contributed by atoms with E-state index in [4.69, 9.17) is 0 Å². The van der Waals surface area contributed by atoms with Crippen molar-refractivity contribution in [1.82, 2.24) is 0 Å². The van der Waals surface area contributed by atoms with Crippen LogP contribution < -0.4 is 30.6 Å². The van der Waals surface area contributed by atoms with Crippen LogP contribution in [0.25, 0.3) is 0 Å². The molecule has 0 aromatic rings. The summed E-state index contributed by atoms with van der Waals surface area (Å²) in [6.45, 7) is 0. The fourth-order valence-electron chi connectivity index (χ4n) is 0.408. The van der Waals surface area contributed by atoms with E-state index in [1.54, 1.807) is 0 Å². The van der Waals surface area contributed by atoms with E-state index >= 15 is 0 Å². The number of carbonyl (C=O) groups is 6. The second-order valence-electron chi connectivity index (χ2n) is 2.91. The molecule has 0 atom stereocenters. The molecule has 0 N–H and O–H groups in total. The van der Waals surface area contributed by atoms with E-state index in [1.807, 2.05) is 0 Å². The molecule has 0 aromatic heterocycles. The molecule has 14 heteroatoms. The van der Waals surface area contributed by atoms with E-state index < -0.39 is 35.8 Å². The molecule has 0 saturated carbocycles. The summed E-state index contributed by atoms with van der Waals surface area (Å²) in [5, 5.41) is 56.5. The summed E-state index contributed by atoms with van der Waals surface area (Å²) in [7, 11) is 0. The van der Waals surface area contributed by atoms with E-state index in [9.17, 15) is 59.4 Å². The van der Waals surface area contributed by atoms with Gasteiger partial charge in [-0.15, -0.1) is 0 Å². The molecule has 0 spiro atoms. The Morgan fingerprint density at radius 1 is 0.346 bits per heavy atom. The third-order valence-electron chi connectivity index (χ3n) is 1.07. The van der Waals surface area contributed by atoms with Gasteiger partial charge in [0.2, 0.25) is 0 Å². The molecule has 0 amide bonds. The Labute approximate surface area is 211 Å². The van der Waals surface area contributed by atoms with E-state index in [0.717, 1.165) is 0 Å². The van der Waals surface area contributed by atoms with Crippen LogP contribution in [0.15, 0.2) is 36.5 Å². The van der Waals surface area contributed by atoms with Crippen molar-refractivity contribution in [3.63, 3.8) is 0 Å². The molecule has 12 nitrogen and oxygen atoms in total. The second-order valence-corrected chi connectivity index (χ2v) is 2.91. The van der Waals surface area contributed by atoms with Crippen molar-refractivity contribution in [3.05, 3.63) is 36.5 Å². The van der Waals surface area contributed by atoms with Crippen molar-refractivity contribution in [3.8, 4) is 0 Å². The summed E-state index contributed by atoms with van der Waals surface area (Å²) in [6.07, 6.45) is 2.31. The van der Waals surface area contributed by atoms with Crippen molar-refractivity contribution in [2.75, 3.05) is 0 Å². The summed E-state index contributed by atoms with van der Waals surface area (Å²) < 4.78 is 0. The third-order valence-corrected chi connectivity index (χ3v) is 1.07. The van der Waals surface area contributed by atoms with Crippen molar-refractivity contribution in [2.24, 2.45) is 0 Å². The number of carboxylic acid groups (broad SMARTS) is 6. The van der Waals surface area contributed by atoms with E-state index in [1.165, 1.54) is 0 Å². The van der Waals surface area contributed by atoms with Gasteiger partial charge in [-0.25, -0.2) is 0 Å². The number of carboxylic acids is 6. The normalized spacial score (nSPS) is 8.77. The zero-order chi connectivity index (χ0) is 19.7. The first-order chi connectivity index (χ1) is 10.9. The molecule has 0 heterocycles. The first kappa shape index (κ1) is 35.8. The minimum absolute atomic E-state index is 0. The Morgan fingerprint density at radius 2 is 0.423 bits per heavy atom. The molecule has 0 bridgehead atoms. The SMILES string of the molecule is O=C([O-])/C=C/C(=O)[O-].O=C([O-])/C=C/C(=O)[O-].O=C([O-])/C=C/C(=O)[O-].[Pr+3].[Pr+3]. The molecule has 26 heavy (non-hydrogen) atoms. The maximum atomic E-state index is 9.41. The van der Waals surface area contributed by atoms with Gasteiger partial charge in [0.1, 0.15) is 0 Å². The molecule has 0 fully saturated rings. The molecule has 132 valence electrons. The van der Waals surface area contributed by atoms with Gasteiger partial charge in [0.05, 0.1) is 35.8 Å². The standard InChI is InChI=1S/3C4H4O4.2Pr/c3*5-3(6)1-2-4(7)8;;/h3*1-2H,(H,5,6)(H,7,8);;/q;;;2*+3/p-6/b3*2-1+;;. The molecule has 0 unspecified atom stereocenters. The predicted molar refractivity (Wildman–Crippen MR) is 57.5 cm³/mol. The molecule has 0 saturated heterocycles. The summed E-state index contributed by atoms with van der Waals surface area (Å²) in [5.41, 5.74) is 0. The van der Waals surface area contributed by atoms with Gasteiger partial charge in [0.15, 0.2) is 0 Å². The average molecular weight is 624 g/mol. The summed E-state index contributed by atoms with van der Waals surface area (Å²) in [4.78, 5) is 56.5. The summed E-state index contributed by atoms with van der Waals surface area (Å²) in [5.74, 6) is -9.28. The number of carbonyl (C=O) groups excluding carboxylic acids is 6. The molecular formula is C12H6O12Pr2. The molecule has 0 aromatic carbocycles. The van der Waals surface area contributed by atoms with E-state index in [-0.39, 0.29) is 82.6 Å². The smallest absolute Gasteiger partial charge is 0.545 e. The number of hydrogen-bond acceptors (Lipinski definition) is 12. The van der Waals surface area contributed by atoms with Gasteiger partial charge in [-0.1, -0.05) is 0 Å². The van der Waals surface area contributed by atoms with Gasteiger partial charge in [0, 0.05) is 0 Å². The quantitative estimate of drug-likeness (QED) is 0.250. The largest absolute Gasteiger partial charge is 3.00 e. The maximum Gasteiger partial charge on any atom is 3.00 e. The number of hydrogen-bond donors (Lipinski definition) is 0. The van der Waals surface area contributed by atoms with Crippen LogP contribution in [0.5, 0.6) is 0 Å². The van der Waals surface area contributed by atoms with Crippen molar-refractivity contribution < 1.29 is 142 Å². The number of rotatable bonds is 6. The summed E-state index contributed by atoms with van der Waals surface area (Å²) >= 11 is 0. The van der Waals surface area contributed by atoms with Crippen LogP contribution in [0.3, 0.4) is 0 Å². The van der Waals surface area contributed by atoms with Crippen molar-refractivity contribution >= 4 is 35.8 Å². The van der Waals surface area contributed by atoms with Crippen LogP contribution in [0.2, 0.25) is 0 Å². The molecule has 0 radical (unpaired) electrons. The van der Waals surface area contributed by atoms with Gasteiger partial charge >= 0.3 is 82.6 Å². The van der Waals surface area contributed by atoms with Crippen molar-refractivity contribution in [1.29, 1.82) is 0 Å². The second kappa shape index (κ2) is 23.8. The van der Waals surface area contributed by atoms with Gasteiger partial charge < -0.3 is 59.4 Å². The van der Waals surface area contributed by atoms with Crippen LogP contribution >= 0.6 is 0 Å². The van der Waals surface area contributed by atoms with Crippen LogP contribution in [0.4, 0.5) is 0 Å². The molecule has 0 rings (SSSR count). The Balaban J connectivity index is -0.0000000817. The van der Waals surface area contributed by atoms with Crippen molar-refractivity contribution in [2.45, 2.75) is 0 Å². The Hall–Kier alpha value is -1.23. The zero-order valence-electron chi connectivity index (χ0n) is 12.5. The van der Waals surface area contributed by atoms with Crippen LogP contribution in [-0.4, -0.2) is 35.8 Å². The van der Waals surface area contributed by atoms with Crippen LogP contribution in [0.1, 0.15) is 0 Å². The molecule has 0 aliphatic carbocycles. The molecular weight excluding hydrogens is 618 g/mol. The summed E-state index contributed by atoms with van der Waals surface area (Å²) in [6, 6.07) is 0. The Morgan fingerprint density at radius 3 is 0.462 bits per heavy atom. The van der Waals surface area contributed by atoms with Gasteiger partial charge in [-0.05, 0) is 36.5 Å². The monoisotopic (exact) mass is 624 g/mol. The first-order valence-corrected chi connectivity index (χ1v) is 5.18. The first-order valence-electron chi connectivity index (χ1n) is 5.18. The zero-order valence-corrected chi connectivity index (χ0v) is 19.9. The molecule has 0 aliphatic heterocycles. The average Bonchev–Trinajstić information content (AvgIpc) is 2.42. The van der Waals surface area contributed by atoms with E-state index in [2.05, 4.69) is 0 Å². The van der Waals surface area contributed by atoms with E-state index in [0.29, 0.717) is 36.5 Å². The number of aliphatic carboxylic acids is 6. The fourth-order valence-corrected chi connectivity index (χ4v) is 0.408. The fraction of sp³-hybridized carbons (Fsp3) is 0. The Kier molecular flexibility index (Phi) is 32.7. The maximum absolute atomic E-state index is 9.41. The topological polar surface area (TPSA) is 241 Å². The van der Waals surface area contributed by atoms with Gasteiger partial charge in [-0.3, -0.25) is 0 Å². The Bertz CT molecular complexity index is 448. The minimum atomic E-state index is -1.55. The van der Waals surface area contributed by atoms with Gasteiger partial charge in [0.25, 0.3) is 0 Å². The predicted octanol–water partition coefficient (Wildman–Crippen LogP) is -8.87. The van der Waals surface area contributed by atoms with Crippen LogP contribution in [0, 0.1) is 82.6 Å². The van der Waals surface area contributed by atoms with Gasteiger partial charge in [-0.2, -0.15) is 0 Å². The van der Waals surface area contributed by atoms with Crippen LogP contribution in [-0.2, 0) is 28.8 Å². The third kappa shape index (κ3) is 56.9.